The fourth-order valence-corrected chi connectivity index (χ4v) is 3.95. The van der Waals surface area contributed by atoms with Gasteiger partial charge < -0.3 is 10.2 Å². The second-order valence-electron chi connectivity index (χ2n) is 6.62. The van der Waals surface area contributed by atoms with Crippen molar-refractivity contribution in [3.8, 4) is 0 Å². The predicted octanol–water partition coefficient (Wildman–Crippen LogP) is 1.76. The van der Waals surface area contributed by atoms with Crippen LogP contribution in [0.2, 0.25) is 0 Å². The molecule has 0 bridgehead atoms. The molecule has 0 unspecified atom stereocenters. The number of hydrogen-bond donors (Lipinski definition) is 1. The van der Waals surface area contributed by atoms with E-state index in [-0.39, 0.29) is 12.5 Å². The Labute approximate surface area is 160 Å². The summed E-state index contributed by atoms with van der Waals surface area (Å²) < 4.78 is 25.5. The summed E-state index contributed by atoms with van der Waals surface area (Å²) in [6.07, 6.45) is 6.77. The van der Waals surface area contributed by atoms with Crippen LogP contribution in [0.15, 0.2) is 48.8 Å². The van der Waals surface area contributed by atoms with E-state index in [0.29, 0.717) is 12.2 Å². The smallest absolute Gasteiger partial charge is 0.241 e. The molecule has 2 heterocycles. The lowest BCUT2D eigenvalue weighted by Gasteiger charge is -2.23. The number of rotatable bonds is 7. The number of carbonyl (C=O) groups is 1. The minimum Gasteiger partial charge on any atom is -0.372 e. The predicted molar refractivity (Wildman–Crippen MR) is 106 cm³/mol. The summed E-state index contributed by atoms with van der Waals surface area (Å²) in [5.74, 6) is -0.368. The first-order valence-corrected chi connectivity index (χ1v) is 10.8. The maximum atomic E-state index is 12.3. The van der Waals surface area contributed by atoms with Gasteiger partial charge >= 0.3 is 0 Å². The van der Waals surface area contributed by atoms with Crippen LogP contribution < -0.4 is 14.5 Å². The van der Waals surface area contributed by atoms with E-state index in [1.807, 2.05) is 18.2 Å². The Morgan fingerprint density at radius 3 is 2.48 bits per heavy atom. The third-order valence-corrected chi connectivity index (χ3v) is 5.65. The first kappa shape index (κ1) is 19.2. The molecule has 1 fully saturated rings. The van der Waals surface area contributed by atoms with Gasteiger partial charge in [0.05, 0.1) is 11.9 Å². The molecule has 0 aliphatic carbocycles. The molecule has 8 heteroatoms. The standard InChI is InChI=1S/C19H24N4O3S/c1-27(25,26)23(15-19(24)21-14-16-5-4-10-20-13-16)18-8-6-17(7-9-18)22-11-2-3-12-22/h4-10,13H,2-3,11-12,14-15H2,1H3,(H,21,24). The largest absolute Gasteiger partial charge is 0.372 e. The summed E-state index contributed by atoms with van der Waals surface area (Å²) in [5.41, 5.74) is 2.41. The highest BCUT2D eigenvalue weighted by molar-refractivity contribution is 7.92. The van der Waals surface area contributed by atoms with Gasteiger partial charge in [-0.1, -0.05) is 6.07 Å². The molecule has 0 saturated carbocycles. The van der Waals surface area contributed by atoms with Gasteiger partial charge in [-0.25, -0.2) is 8.42 Å². The molecule has 1 aliphatic heterocycles. The average Bonchev–Trinajstić information content (AvgIpc) is 3.19. The van der Waals surface area contributed by atoms with Crippen molar-refractivity contribution >= 4 is 27.3 Å². The fourth-order valence-electron chi connectivity index (χ4n) is 3.09. The molecule has 1 aromatic carbocycles. The number of carbonyl (C=O) groups excluding carboxylic acids is 1. The van der Waals surface area contributed by atoms with Crippen molar-refractivity contribution in [2.24, 2.45) is 0 Å². The van der Waals surface area contributed by atoms with Gasteiger partial charge in [-0.05, 0) is 48.7 Å². The first-order valence-electron chi connectivity index (χ1n) is 8.92. The molecule has 0 atom stereocenters. The van der Waals surface area contributed by atoms with Crippen LogP contribution in [0, 0.1) is 0 Å². The number of sulfonamides is 1. The molecule has 1 aliphatic rings. The number of hydrogen-bond acceptors (Lipinski definition) is 5. The summed E-state index contributed by atoms with van der Waals surface area (Å²) in [7, 11) is -3.58. The Kier molecular flexibility index (Phi) is 5.95. The molecule has 2 aromatic rings. The Hall–Kier alpha value is -2.61. The van der Waals surface area contributed by atoms with Crippen LogP contribution in [-0.2, 0) is 21.4 Å². The van der Waals surface area contributed by atoms with Crippen LogP contribution in [0.4, 0.5) is 11.4 Å². The second-order valence-corrected chi connectivity index (χ2v) is 8.53. The number of amides is 1. The normalized spacial score (nSPS) is 14.2. The maximum Gasteiger partial charge on any atom is 0.241 e. The van der Waals surface area contributed by atoms with E-state index in [4.69, 9.17) is 0 Å². The third-order valence-electron chi connectivity index (χ3n) is 4.51. The molecule has 3 rings (SSSR count). The number of pyridine rings is 1. The van der Waals surface area contributed by atoms with Gasteiger partial charge in [0.25, 0.3) is 0 Å². The highest BCUT2D eigenvalue weighted by atomic mass is 32.2. The van der Waals surface area contributed by atoms with Gasteiger partial charge in [-0.2, -0.15) is 0 Å². The molecule has 27 heavy (non-hydrogen) atoms. The maximum absolute atomic E-state index is 12.3. The zero-order valence-corrected chi connectivity index (χ0v) is 16.2. The molecule has 144 valence electrons. The Morgan fingerprint density at radius 2 is 1.89 bits per heavy atom. The fraction of sp³-hybridized carbons (Fsp3) is 0.368. The van der Waals surface area contributed by atoms with Gasteiger partial charge in [0.2, 0.25) is 15.9 Å². The number of anilines is 2. The number of nitrogens with one attached hydrogen (secondary N) is 1. The van der Waals surface area contributed by atoms with E-state index in [2.05, 4.69) is 15.2 Å². The van der Waals surface area contributed by atoms with Gasteiger partial charge in [0, 0.05) is 37.7 Å². The van der Waals surface area contributed by atoms with Crippen molar-refractivity contribution in [3.05, 3.63) is 54.4 Å². The van der Waals surface area contributed by atoms with Crippen molar-refractivity contribution in [3.63, 3.8) is 0 Å². The van der Waals surface area contributed by atoms with E-state index in [1.165, 1.54) is 12.8 Å². The van der Waals surface area contributed by atoms with Crippen molar-refractivity contribution in [1.29, 1.82) is 0 Å². The molecular formula is C19H24N4O3S. The molecule has 0 spiro atoms. The number of benzene rings is 1. The quantitative estimate of drug-likeness (QED) is 0.782. The summed E-state index contributed by atoms with van der Waals surface area (Å²) >= 11 is 0. The minimum atomic E-state index is -3.58. The van der Waals surface area contributed by atoms with E-state index < -0.39 is 10.0 Å². The van der Waals surface area contributed by atoms with Crippen LogP contribution in [0.1, 0.15) is 18.4 Å². The van der Waals surface area contributed by atoms with Crippen LogP contribution in [0.5, 0.6) is 0 Å². The Morgan fingerprint density at radius 1 is 1.19 bits per heavy atom. The third kappa shape index (κ3) is 5.19. The topological polar surface area (TPSA) is 82.6 Å². The molecule has 1 aromatic heterocycles. The lowest BCUT2D eigenvalue weighted by atomic mass is 10.2. The first-order chi connectivity index (χ1) is 12.9. The zero-order valence-electron chi connectivity index (χ0n) is 15.3. The molecule has 1 amide bonds. The minimum absolute atomic E-state index is 0.262. The van der Waals surface area contributed by atoms with Crippen molar-refractivity contribution < 1.29 is 13.2 Å². The Balaban J connectivity index is 1.67. The van der Waals surface area contributed by atoms with Gasteiger partial charge in [0.15, 0.2) is 0 Å². The average molecular weight is 388 g/mol. The van der Waals surface area contributed by atoms with Gasteiger partial charge in [-0.15, -0.1) is 0 Å². The van der Waals surface area contributed by atoms with Crippen molar-refractivity contribution in [2.75, 3.05) is 35.1 Å². The lowest BCUT2D eigenvalue weighted by Crippen LogP contribution is -2.40. The molecule has 1 saturated heterocycles. The zero-order chi connectivity index (χ0) is 19.3. The lowest BCUT2D eigenvalue weighted by molar-refractivity contribution is -0.119. The number of aromatic nitrogens is 1. The summed E-state index contributed by atoms with van der Waals surface area (Å²) in [4.78, 5) is 18.5. The van der Waals surface area contributed by atoms with Crippen LogP contribution in [0.25, 0.3) is 0 Å². The molecule has 7 nitrogen and oxygen atoms in total. The van der Waals surface area contributed by atoms with Gasteiger partial charge in [0.1, 0.15) is 6.54 Å². The molecule has 0 radical (unpaired) electrons. The van der Waals surface area contributed by atoms with Crippen LogP contribution in [0.3, 0.4) is 0 Å². The SMILES string of the molecule is CS(=O)(=O)N(CC(=O)NCc1cccnc1)c1ccc(N2CCCC2)cc1. The van der Waals surface area contributed by atoms with Crippen LogP contribution >= 0.6 is 0 Å². The van der Waals surface area contributed by atoms with E-state index in [1.54, 1.807) is 30.6 Å². The van der Waals surface area contributed by atoms with Gasteiger partial charge in [-0.3, -0.25) is 14.1 Å². The van der Waals surface area contributed by atoms with Crippen molar-refractivity contribution in [2.45, 2.75) is 19.4 Å². The highest BCUT2D eigenvalue weighted by Crippen LogP contribution is 2.25. The highest BCUT2D eigenvalue weighted by Gasteiger charge is 2.21. The van der Waals surface area contributed by atoms with E-state index >= 15 is 0 Å². The second kappa shape index (κ2) is 8.39. The molecular weight excluding hydrogens is 364 g/mol. The van der Waals surface area contributed by atoms with Crippen molar-refractivity contribution in [1.82, 2.24) is 10.3 Å². The summed E-state index contributed by atoms with van der Waals surface area (Å²) in [6, 6.07) is 11.0. The Bertz CT molecular complexity index is 864. The van der Waals surface area contributed by atoms with E-state index in [0.717, 1.165) is 34.9 Å². The summed E-state index contributed by atoms with van der Waals surface area (Å²) in [6.45, 7) is 2.08. The van der Waals surface area contributed by atoms with E-state index in [9.17, 15) is 13.2 Å². The molecule has 1 N–H and O–H groups in total. The monoisotopic (exact) mass is 388 g/mol. The summed E-state index contributed by atoms with van der Waals surface area (Å²) in [5, 5.41) is 2.73. The van der Waals surface area contributed by atoms with Crippen LogP contribution in [-0.4, -0.2) is 45.2 Å². The number of nitrogens with zero attached hydrogens (tertiary/aromatic N) is 3.